The Kier molecular flexibility index (Phi) is 8.78. The molecule has 4 aromatic rings. The molecular weight excluding hydrogens is 564 g/mol. The van der Waals surface area contributed by atoms with Crippen LogP contribution in [0.25, 0.3) is 10.9 Å². The third-order valence-electron chi connectivity index (χ3n) is 8.40. The molecule has 2 aromatic carbocycles. The first kappa shape index (κ1) is 29.0. The number of nitrogens with one attached hydrogen (secondary N) is 1. The van der Waals surface area contributed by atoms with Crippen molar-refractivity contribution in [2.45, 2.75) is 44.3 Å². The number of carbonyl (C=O) groups is 2. The fourth-order valence-electron chi connectivity index (χ4n) is 6.09. The minimum Gasteiger partial charge on any atom is -0.368 e. The maximum Gasteiger partial charge on any atom is 0.262 e. The van der Waals surface area contributed by atoms with E-state index >= 15 is 0 Å². The van der Waals surface area contributed by atoms with Crippen LogP contribution in [0.1, 0.15) is 31.4 Å². The number of aromatic nitrogens is 3. The van der Waals surface area contributed by atoms with Gasteiger partial charge < -0.3 is 19.6 Å². The standard InChI is InChI=1S/C32H36N6O4S/c1-22-19-28(35-42-22)34-29(39)21-43-32-33-27-10-6-5-9-26(27)31(41)38(32)20-23-11-13-24(14-12-23)30(40)37-17-15-36(16-18-37)25-7-3-2-4-8-25/h2-10,19,23-24H,11-18,20-21H2,1H3,(H,34,35,39). The van der Waals surface area contributed by atoms with Gasteiger partial charge in [0.25, 0.3) is 5.56 Å². The highest BCUT2D eigenvalue weighted by molar-refractivity contribution is 7.99. The number of benzene rings is 2. The van der Waals surface area contributed by atoms with Gasteiger partial charge in [-0.2, -0.15) is 0 Å². The van der Waals surface area contributed by atoms with Crippen molar-refractivity contribution >= 4 is 46.0 Å². The SMILES string of the molecule is Cc1cc(NC(=O)CSc2nc3ccccc3c(=O)n2CC2CCC(C(=O)N3CCN(c4ccccc4)CC3)CC2)no1. The number of nitrogens with zero attached hydrogens (tertiary/aromatic N) is 5. The largest absolute Gasteiger partial charge is 0.368 e. The number of fused-ring (bicyclic) bond motifs is 1. The van der Waals surface area contributed by atoms with Crippen molar-refractivity contribution in [2.75, 3.05) is 42.1 Å². The Morgan fingerprint density at radius 2 is 1.70 bits per heavy atom. The summed E-state index contributed by atoms with van der Waals surface area (Å²) in [7, 11) is 0. The summed E-state index contributed by atoms with van der Waals surface area (Å²) in [5.74, 6) is 1.34. The molecule has 1 saturated heterocycles. The van der Waals surface area contributed by atoms with Crippen LogP contribution in [-0.2, 0) is 16.1 Å². The van der Waals surface area contributed by atoms with E-state index in [0.717, 1.165) is 51.9 Å². The minimum absolute atomic E-state index is 0.0312. The zero-order valence-electron chi connectivity index (χ0n) is 24.3. The van der Waals surface area contributed by atoms with Crippen molar-refractivity contribution in [3.05, 3.63) is 76.8 Å². The van der Waals surface area contributed by atoms with Gasteiger partial charge in [-0.1, -0.05) is 47.3 Å². The molecule has 6 rings (SSSR count). The van der Waals surface area contributed by atoms with E-state index < -0.39 is 0 Å². The molecule has 2 aliphatic rings. The number of amides is 2. The van der Waals surface area contributed by atoms with Crippen LogP contribution in [0, 0.1) is 18.8 Å². The fraction of sp³-hybridized carbons (Fsp3) is 0.406. The van der Waals surface area contributed by atoms with E-state index in [1.54, 1.807) is 23.6 Å². The second kappa shape index (κ2) is 13.0. The van der Waals surface area contributed by atoms with Crippen molar-refractivity contribution in [1.82, 2.24) is 19.6 Å². The summed E-state index contributed by atoms with van der Waals surface area (Å²) in [5, 5.41) is 7.61. The molecule has 2 aromatic heterocycles. The Balaban J connectivity index is 1.07. The highest BCUT2D eigenvalue weighted by Crippen LogP contribution is 2.32. The van der Waals surface area contributed by atoms with Gasteiger partial charge in [0.2, 0.25) is 11.8 Å². The molecule has 0 spiro atoms. The molecule has 2 fully saturated rings. The number of anilines is 2. The van der Waals surface area contributed by atoms with Crippen LogP contribution in [-0.4, -0.2) is 63.4 Å². The van der Waals surface area contributed by atoms with E-state index in [1.807, 2.05) is 41.3 Å². The average Bonchev–Trinajstić information content (AvgIpc) is 3.46. The molecule has 1 saturated carbocycles. The molecule has 1 aliphatic carbocycles. The number of hydrogen-bond donors (Lipinski definition) is 1. The Bertz CT molecular complexity index is 1640. The maximum atomic E-state index is 13.6. The summed E-state index contributed by atoms with van der Waals surface area (Å²) in [6.45, 7) is 5.46. The van der Waals surface area contributed by atoms with Crippen LogP contribution in [0.4, 0.5) is 11.5 Å². The Hall–Kier alpha value is -4.12. The van der Waals surface area contributed by atoms with Crippen LogP contribution in [0.15, 0.2) is 75.1 Å². The van der Waals surface area contributed by atoms with Gasteiger partial charge in [0.1, 0.15) is 5.76 Å². The van der Waals surface area contributed by atoms with Gasteiger partial charge in [0.15, 0.2) is 11.0 Å². The van der Waals surface area contributed by atoms with E-state index in [2.05, 4.69) is 27.5 Å². The number of para-hydroxylation sites is 2. The van der Waals surface area contributed by atoms with Crippen LogP contribution >= 0.6 is 11.8 Å². The number of piperazine rings is 1. The number of carbonyl (C=O) groups excluding carboxylic acids is 2. The summed E-state index contributed by atoms with van der Waals surface area (Å²) >= 11 is 1.24. The summed E-state index contributed by atoms with van der Waals surface area (Å²) in [4.78, 5) is 48.7. The normalized spacial score (nSPS) is 19.0. The summed E-state index contributed by atoms with van der Waals surface area (Å²) in [6.07, 6.45) is 3.38. The first-order chi connectivity index (χ1) is 20.9. The molecule has 1 N–H and O–H groups in total. The van der Waals surface area contributed by atoms with E-state index in [1.165, 1.54) is 17.4 Å². The molecule has 1 aliphatic heterocycles. The van der Waals surface area contributed by atoms with Gasteiger partial charge in [-0.15, -0.1) is 0 Å². The molecule has 11 heteroatoms. The number of aryl methyl sites for hydroxylation is 1. The summed E-state index contributed by atoms with van der Waals surface area (Å²) in [5.41, 5.74) is 1.72. The van der Waals surface area contributed by atoms with Crippen molar-refractivity contribution in [3.8, 4) is 0 Å². The molecule has 0 bridgehead atoms. The van der Waals surface area contributed by atoms with Crippen LogP contribution < -0.4 is 15.8 Å². The monoisotopic (exact) mass is 600 g/mol. The molecule has 0 radical (unpaired) electrons. The lowest BCUT2D eigenvalue weighted by atomic mass is 9.81. The molecule has 3 heterocycles. The van der Waals surface area contributed by atoms with Gasteiger partial charge in [-0.3, -0.25) is 19.0 Å². The molecule has 0 atom stereocenters. The molecule has 2 amide bonds. The zero-order valence-corrected chi connectivity index (χ0v) is 25.1. The van der Waals surface area contributed by atoms with Gasteiger partial charge in [-0.05, 0) is 62.8 Å². The van der Waals surface area contributed by atoms with E-state index in [-0.39, 0.29) is 35.0 Å². The third-order valence-corrected chi connectivity index (χ3v) is 9.38. The van der Waals surface area contributed by atoms with E-state index in [9.17, 15) is 14.4 Å². The van der Waals surface area contributed by atoms with Crippen LogP contribution in [0.3, 0.4) is 0 Å². The second-order valence-corrected chi connectivity index (χ2v) is 12.3. The Morgan fingerprint density at radius 3 is 2.42 bits per heavy atom. The molecule has 224 valence electrons. The van der Waals surface area contributed by atoms with Crippen molar-refractivity contribution in [1.29, 1.82) is 0 Å². The smallest absolute Gasteiger partial charge is 0.262 e. The third kappa shape index (κ3) is 6.77. The van der Waals surface area contributed by atoms with Gasteiger partial charge in [0, 0.05) is 50.4 Å². The fourth-order valence-corrected chi connectivity index (χ4v) is 6.89. The van der Waals surface area contributed by atoms with Crippen molar-refractivity contribution in [3.63, 3.8) is 0 Å². The second-order valence-electron chi connectivity index (χ2n) is 11.4. The lowest BCUT2D eigenvalue weighted by Crippen LogP contribution is -2.50. The lowest BCUT2D eigenvalue weighted by Gasteiger charge is -2.39. The van der Waals surface area contributed by atoms with Gasteiger partial charge >= 0.3 is 0 Å². The van der Waals surface area contributed by atoms with Gasteiger partial charge in [-0.25, -0.2) is 4.98 Å². The van der Waals surface area contributed by atoms with Crippen LogP contribution in [0.2, 0.25) is 0 Å². The quantitative estimate of drug-likeness (QED) is 0.231. The molecule has 10 nitrogen and oxygen atoms in total. The first-order valence-corrected chi connectivity index (χ1v) is 15.9. The predicted molar refractivity (Wildman–Crippen MR) is 167 cm³/mol. The number of rotatable bonds is 8. The lowest BCUT2D eigenvalue weighted by molar-refractivity contribution is -0.137. The molecule has 43 heavy (non-hydrogen) atoms. The Labute approximate surface area is 254 Å². The highest BCUT2D eigenvalue weighted by Gasteiger charge is 2.32. The summed E-state index contributed by atoms with van der Waals surface area (Å²) < 4.78 is 6.74. The van der Waals surface area contributed by atoms with Crippen molar-refractivity contribution < 1.29 is 14.1 Å². The minimum atomic E-state index is -0.254. The van der Waals surface area contributed by atoms with E-state index in [0.29, 0.717) is 34.2 Å². The predicted octanol–water partition coefficient (Wildman–Crippen LogP) is 4.58. The van der Waals surface area contributed by atoms with Gasteiger partial charge in [0.05, 0.1) is 16.7 Å². The zero-order chi connectivity index (χ0) is 29.8. The molecular formula is C32H36N6O4S. The summed E-state index contributed by atoms with van der Waals surface area (Å²) in [6, 6.07) is 19.3. The first-order valence-electron chi connectivity index (χ1n) is 14.9. The highest BCUT2D eigenvalue weighted by atomic mass is 32.2. The Morgan fingerprint density at radius 1 is 0.977 bits per heavy atom. The van der Waals surface area contributed by atoms with E-state index in [4.69, 9.17) is 9.51 Å². The maximum absolute atomic E-state index is 13.6. The number of thioether (sulfide) groups is 1. The number of hydrogen-bond acceptors (Lipinski definition) is 8. The molecule has 0 unspecified atom stereocenters. The van der Waals surface area contributed by atoms with Crippen molar-refractivity contribution in [2.24, 2.45) is 11.8 Å². The topological polar surface area (TPSA) is 114 Å². The average molecular weight is 601 g/mol. The van der Waals surface area contributed by atoms with Crippen LogP contribution in [0.5, 0.6) is 0 Å².